The molecule has 8 nitrogen and oxygen atoms in total. The molecule has 0 unspecified atom stereocenters. The lowest BCUT2D eigenvalue weighted by Crippen LogP contribution is -2.38. The van der Waals surface area contributed by atoms with E-state index < -0.39 is 12.0 Å². The van der Waals surface area contributed by atoms with Crippen LogP contribution in [0.25, 0.3) is 5.65 Å². The predicted molar refractivity (Wildman–Crippen MR) is 106 cm³/mol. The highest BCUT2D eigenvalue weighted by atomic mass is 19.4. The Labute approximate surface area is 175 Å². The summed E-state index contributed by atoms with van der Waals surface area (Å²) < 4.78 is 39.9. The molecule has 4 rings (SSSR count). The molecular formula is C20H19F3N6O2. The molecule has 0 atom stereocenters. The van der Waals surface area contributed by atoms with Crippen molar-refractivity contribution in [3.05, 3.63) is 47.8 Å². The van der Waals surface area contributed by atoms with Crippen LogP contribution in [0.15, 0.2) is 36.4 Å². The van der Waals surface area contributed by atoms with Gasteiger partial charge in [0, 0.05) is 30.3 Å². The number of nitrogens with one attached hydrogen (secondary N) is 1. The summed E-state index contributed by atoms with van der Waals surface area (Å²) in [6, 6.07) is 9.77. The Hall–Kier alpha value is -3.50. The first-order valence-electron chi connectivity index (χ1n) is 9.69. The van der Waals surface area contributed by atoms with Crippen LogP contribution in [0, 0.1) is 5.92 Å². The second-order valence-electron chi connectivity index (χ2n) is 7.37. The van der Waals surface area contributed by atoms with Gasteiger partial charge in [-0.15, -0.1) is 15.3 Å². The van der Waals surface area contributed by atoms with Crippen LogP contribution >= 0.6 is 0 Å². The monoisotopic (exact) mass is 432 g/mol. The summed E-state index contributed by atoms with van der Waals surface area (Å²) in [6.07, 6.45) is -3.62. The van der Waals surface area contributed by atoms with Gasteiger partial charge in [0.2, 0.25) is 5.91 Å². The molecule has 2 aromatic heterocycles. The van der Waals surface area contributed by atoms with E-state index in [0.29, 0.717) is 47.5 Å². The van der Waals surface area contributed by atoms with Crippen molar-refractivity contribution < 1.29 is 22.8 Å². The van der Waals surface area contributed by atoms with Crippen molar-refractivity contribution in [3.63, 3.8) is 0 Å². The van der Waals surface area contributed by atoms with E-state index in [1.165, 1.54) is 13.0 Å². The van der Waals surface area contributed by atoms with Gasteiger partial charge in [-0.25, -0.2) is 0 Å². The van der Waals surface area contributed by atoms with Crippen molar-refractivity contribution in [2.24, 2.45) is 5.92 Å². The van der Waals surface area contributed by atoms with Gasteiger partial charge in [-0.3, -0.25) is 9.59 Å². The number of benzene rings is 1. The van der Waals surface area contributed by atoms with Gasteiger partial charge in [0.15, 0.2) is 11.4 Å². The van der Waals surface area contributed by atoms with Crippen molar-refractivity contribution in [1.82, 2.24) is 19.8 Å². The third-order valence-electron chi connectivity index (χ3n) is 5.23. The van der Waals surface area contributed by atoms with E-state index in [1.807, 2.05) is 4.90 Å². The standard InChI is InChI=1S/C20H19F3N6O2/c1-12(30)14-3-2-4-15(11-14)24-18(31)13-7-9-28(10-8-13)17-6-5-16-25-26-19(20(21,22)23)29(16)27-17/h2-6,11,13H,7-10H2,1H3,(H,24,31). The summed E-state index contributed by atoms with van der Waals surface area (Å²) in [6.45, 7) is 2.39. The van der Waals surface area contributed by atoms with E-state index in [1.54, 1.807) is 30.3 Å². The van der Waals surface area contributed by atoms with E-state index >= 15 is 0 Å². The van der Waals surface area contributed by atoms with Gasteiger partial charge in [-0.1, -0.05) is 12.1 Å². The second kappa shape index (κ2) is 7.97. The molecule has 1 aliphatic heterocycles. The number of carbonyl (C=O) groups is 2. The molecule has 0 radical (unpaired) electrons. The number of anilines is 2. The quantitative estimate of drug-likeness (QED) is 0.637. The molecule has 1 aromatic carbocycles. The zero-order valence-electron chi connectivity index (χ0n) is 16.6. The number of halogens is 3. The average Bonchev–Trinajstić information content (AvgIpc) is 3.18. The number of aromatic nitrogens is 4. The van der Waals surface area contributed by atoms with Crippen molar-refractivity contribution >= 4 is 28.8 Å². The number of fused-ring (bicyclic) bond motifs is 1. The Kier molecular flexibility index (Phi) is 5.34. The summed E-state index contributed by atoms with van der Waals surface area (Å²) in [5, 5.41) is 13.6. The zero-order chi connectivity index (χ0) is 22.2. The number of Topliss-reactive ketones (excluding diaryl/α,β-unsaturated/α-hetero) is 1. The van der Waals surface area contributed by atoms with E-state index in [9.17, 15) is 22.8 Å². The fourth-order valence-electron chi connectivity index (χ4n) is 3.56. The largest absolute Gasteiger partial charge is 0.453 e. The lowest BCUT2D eigenvalue weighted by molar-refractivity contribution is -0.146. The van der Waals surface area contributed by atoms with Crippen LogP contribution in [-0.4, -0.2) is 44.6 Å². The first-order chi connectivity index (χ1) is 14.7. The molecule has 1 saturated heterocycles. The summed E-state index contributed by atoms with van der Waals surface area (Å²) >= 11 is 0. The summed E-state index contributed by atoms with van der Waals surface area (Å²) in [7, 11) is 0. The summed E-state index contributed by atoms with van der Waals surface area (Å²) in [5.41, 5.74) is 1.08. The zero-order valence-corrected chi connectivity index (χ0v) is 16.6. The Balaban J connectivity index is 1.42. The number of hydrogen-bond donors (Lipinski definition) is 1. The lowest BCUT2D eigenvalue weighted by atomic mass is 9.95. The molecule has 31 heavy (non-hydrogen) atoms. The Morgan fingerprint density at radius 3 is 2.52 bits per heavy atom. The van der Waals surface area contributed by atoms with Gasteiger partial charge in [0.1, 0.15) is 5.82 Å². The van der Waals surface area contributed by atoms with Crippen molar-refractivity contribution in [2.45, 2.75) is 25.9 Å². The van der Waals surface area contributed by atoms with E-state index in [0.717, 1.165) is 0 Å². The molecule has 0 saturated carbocycles. The van der Waals surface area contributed by atoms with Crippen LogP contribution in [0.5, 0.6) is 0 Å². The fourth-order valence-corrected chi connectivity index (χ4v) is 3.56. The maximum atomic E-state index is 13.1. The molecule has 1 aliphatic rings. The maximum absolute atomic E-state index is 13.1. The molecule has 162 valence electrons. The minimum absolute atomic E-state index is 0.0122. The molecule has 3 aromatic rings. The minimum Gasteiger partial charge on any atom is -0.355 e. The molecule has 0 aliphatic carbocycles. The van der Waals surface area contributed by atoms with Crippen LogP contribution in [0.2, 0.25) is 0 Å². The first-order valence-corrected chi connectivity index (χ1v) is 9.69. The van der Waals surface area contributed by atoms with Gasteiger partial charge < -0.3 is 10.2 Å². The minimum atomic E-state index is -4.66. The highest BCUT2D eigenvalue weighted by Gasteiger charge is 2.38. The molecule has 1 amide bonds. The Bertz CT molecular complexity index is 1140. The van der Waals surface area contributed by atoms with Gasteiger partial charge in [-0.05, 0) is 44.0 Å². The van der Waals surface area contributed by atoms with Gasteiger partial charge in [0.25, 0.3) is 5.82 Å². The van der Waals surface area contributed by atoms with Gasteiger partial charge >= 0.3 is 6.18 Å². The third kappa shape index (κ3) is 4.35. The molecule has 11 heteroatoms. The van der Waals surface area contributed by atoms with Crippen molar-refractivity contribution in [3.8, 4) is 0 Å². The SMILES string of the molecule is CC(=O)c1cccc(NC(=O)C2CCN(c3ccc4nnc(C(F)(F)F)n4n3)CC2)c1. The lowest BCUT2D eigenvalue weighted by Gasteiger charge is -2.32. The topological polar surface area (TPSA) is 92.5 Å². The molecule has 3 heterocycles. The summed E-state index contributed by atoms with van der Waals surface area (Å²) in [4.78, 5) is 25.9. The molecule has 1 fully saturated rings. The number of rotatable bonds is 4. The number of piperidine rings is 1. The van der Waals surface area contributed by atoms with Crippen LogP contribution < -0.4 is 10.2 Å². The normalized spacial score (nSPS) is 15.3. The molecule has 0 spiro atoms. The van der Waals surface area contributed by atoms with E-state index in [2.05, 4.69) is 20.6 Å². The van der Waals surface area contributed by atoms with Crippen molar-refractivity contribution in [1.29, 1.82) is 0 Å². The highest BCUT2D eigenvalue weighted by Crippen LogP contribution is 2.29. The molecule has 1 N–H and O–H groups in total. The van der Waals surface area contributed by atoms with E-state index in [-0.39, 0.29) is 23.3 Å². The number of ketones is 1. The van der Waals surface area contributed by atoms with Gasteiger partial charge in [-0.2, -0.15) is 17.7 Å². The number of hydrogen-bond acceptors (Lipinski definition) is 6. The van der Waals surface area contributed by atoms with Crippen LogP contribution in [0.3, 0.4) is 0 Å². The Morgan fingerprint density at radius 1 is 1.10 bits per heavy atom. The first kappa shape index (κ1) is 20.8. The van der Waals surface area contributed by atoms with Crippen LogP contribution in [0.1, 0.15) is 35.9 Å². The molecular weight excluding hydrogens is 413 g/mol. The predicted octanol–water partition coefficient (Wildman–Crippen LogP) is 3.20. The number of amides is 1. The van der Waals surface area contributed by atoms with Crippen molar-refractivity contribution in [2.75, 3.05) is 23.3 Å². The van der Waals surface area contributed by atoms with Gasteiger partial charge in [0.05, 0.1) is 0 Å². The second-order valence-corrected chi connectivity index (χ2v) is 7.37. The number of nitrogens with zero attached hydrogens (tertiary/aromatic N) is 5. The average molecular weight is 432 g/mol. The number of alkyl halides is 3. The van der Waals surface area contributed by atoms with E-state index in [4.69, 9.17) is 0 Å². The third-order valence-corrected chi connectivity index (χ3v) is 5.23. The van der Waals surface area contributed by atoms with Crippen LogP contribution in [-0.2, 0) is 11.0 Å². The molecule has 0 bridgehead atoms. The number of carbonyl (C=O) groups excluding carboxylic acids is 2. The fraction of sp³-hybridized carbons (Fsp3) is 0.350. The Morgan fingerprint density at radius 2 is 1.84 bits per heavy atom. The van der Waals surface area contributed by atoms with Crippen LogP contribution in [0.4, 0.5) is 24.7 Å². The smallest absolute Gasteiger partial charge is 0.355 e. The maximum Gasteiger partial charge on any atom is 0.453 e. The summed E-state index contributed by atoms with van der Waals surface area (Å²) in [5.74, 6) is -1.29. The highest BCUT2D eigenvalue weighted by molar-refractivity contribution is 5.97.